The Morgan fingerprint density at radius 1 is 1.67 bits per heavy atom. The summed E-state index contributed by atoms with van der Waals surface area (Å²) in [6.07, 6.45) is 1.02. The second kappa shape index (κ2) is 5.11. The zero-order chi connectivity index (χ0) is 11.4. The van der Waals surface area contributed by atoms with Gasteiger partial charge in [0.25, 0.3) is 0 Å². The third-order valence-electron chi connectivity index (χ3n) is 2.70. The fourth-order valence-corrected chi connectivity index (χ4v) is 1.59. The first-order valence-electron chi connectivity index (χ1n) is 5.34. The molecule has 4 N–H and O–H groups in total. The van der Waals surface area contributed by atoms with Gasteiger partial charge in [0.15, 0.2) is 0 Å². The summed E-state index contributed by atoms with van der Waals surface area (Å²) in [5.74, 6) is 0.130. The molecule has 0 bridgehead atoms. The van der Waals surface area contributed by atoms with E-state index in [0.717, 1.165) is 0 Å². The zero-order valence-corrected chi connectivity index (χ0v) is 9.25. The van der Waals surface area contributed by atoms with E-state index in [1.807, 2.05) is 13.8 Å². The molecule has 1 heterocycles. The summed E-state index contributed by atoms with van der Waals surface area (Å²) >= 11 is 0. The number of carbonyl (C=O) groups is 2. The lowest BCUT2D eigenvalue weighted by molar-refractivity contribution is -0.126. The van der Waals surface area contributed by atoms with Crippen LogP contribution in [-0.4, -0.2) is 30.4 Å². The van der Waals surface area contributed by atoms with Crippen molar-refractivity contribution < 1.29 is 9.59 Å². The molecule has 0 aromatic rings. The standard InChI is InChI=1S/C10H19N3O2/c1-6(2)8(5-11)13-10(15)7-3-4-9(14)12-7/h6-8H,3-5,11H2,1-2H3,(H,12,14)(H,13,15). The second-order valence-electron chi connectivity index (χ2n) is 4.25. The van der Waals surface area contributed by atoms with Gasteiger partial charge in [0.05, 0.1) is 0 Å². The van der Waals surface area contributed by atoms with E-state index in [1.165, 1.54) is 0 Å². The van der Waals surface area contributed by atoms with Gasteiger partial charge in [-0.1, -0.05) is 13.8 Å². The molecule has 2 atom stereocenters. The molecule has 5 nitrogen and oxygen atoms in total. The minimum absolute atomic E-state index is 0.0185. The predicted molar refractivity (Wildman–Crippen MR) is 57.0 cm³/mol. The van der Waals surface area contributed by atoms with E-state index in [0.29, 0.717) is 25.3 Å². The maximum atomic E-state index is 11.7. The van der Waals surface area contributed by atoms with Gasteiger partial charge in [-0.3, -0.25) is 9.59 Å². The Balaban J connectivity index is 2.44. The topological polar surface area (TPSA) is 84.2 Å². The highest BCUT2D eigenvalue weighted by molar-refractivity contribution is 5.90. The van der Waals surface area contributed by atoms with E-state index in [1.54, 1.807) is 0 Å². The highest BCUT2D eigenvalue weighted by Gasteiger charge is 2.28. The fourth-order valence-electron chi connectivity index (χ4n) is 1.59. The van der Waals surface area contributed by atoms with Crippen LogP contribution in [0.2, 0.25) is 0 Å². The number of nitrogens with two attached hydrogens (primary N) is 1. The summed E-state index contributed by atoms with van der Waals surface area (Å²) < 4.78 is 0. The van der Waals surface area contributed by atoms with Crippen LogP contribution in [0.5, 0.6) is 0 Å². The van der Waals surface area contributed by atoms with Crippen molar-refractivity contribution >= 4 is 11.8 Å². The van der Waals surface area contributed by atoms with Crippen molar-refractivity contribution in [3.8, 4) is 0 Å². The van der Waals surface area contributed by atoms with Crippen LogP contribution in [0, 0.1) is 5.92 Å². The van der Waals surface area contributed by atoms with Crippen LogP contribution in [-0.2, 0) is 9.59 Å². The molecule has 1 fully saturated rings. The molecule has 0 aromatic carbocycles. The van der Waals surface area contributed by atoms with Gasteiger partial charge in [0.1, 0.15) is 6.04 Å². The lowest BCUT2D eigenvalue weighted by Crippen LogP contribution is -2.50. The van der Waals surface area contributed by atoms with Gasteiger partial charge in [-0.15, -0.1) is 0 Å². The summed E-state index contributed by atoms with van der Waals surface area (Å²) in [5.41, 5.74) is 5.55. The lowest BCUT2D eigenvalue weighted by atomic mass is 10.0. The summed E-state index contributed by atoms with van der Waals surface area (Å²) in [6, 6.07) is -0.389. The van der Waals surface area contributed by atoms with Crippen LogP contribution < -0.4 is 16.4 Å². The van der Waals surface area contributed by atoms with Crippen LogP contribution in [0.1, 0.15) is 26.7 Å². The Labute approximate surface area is 89.8 Å². The molecule has 1 saturated heterocycles. The molecule has 2 amide bonds. The van der Waals surface area contributed by atoms with Gasteiger partial charge >= 0.3 is 0 Å². The van der Waals surface area contributed by atoms with E-state index >= 15 is 0 Å². The van der Waals surface area contributed by atoms with E-state index in [4.69, 9.17) is 5.73 Å². The largest absolute Gasteiger partial charge is 0.350 e. The molecule has 0 spiro atoms. The molecule has 1 rings (SSSR count). The van der Waals surface area contributed by atoms with Gasteiger partial charge in [-0.2, -0.15) is 0 Å². The van der Waals surface area contributed by atoms with Crippen molar-refractivity contribution in [3.63, 3.8) is 0 Å². The molecule has 2 unspecified atom stereocenters. The second-order valence-corrected chi connectivity index (χ2v) is 4.25. The molecule has 0 radical (unpaired) electrons. The molecule has 5 heteroatoms. The van der Waals surface area contributed by atoms with Gasteiger partial charge in [0.2, 0.25) is 11.8 Å². The van der Waals surface area contributed by atoms with Crippen molar-refractivity contribution in [2.45, 2.75) is 38.8 Å². The summed E-state index contributed by atoms with van der Waals surface area (Å²) in [6.45, 7) is 4.43. The van der Waals surface area contributed by atoms with Gasteiger partial charge < -0.3 is 16.4 Å². The quantitative estimate of drug-likeness (QED) is 0.581. The van der Waals surface area contributed by atoms with Gasteiger partial charge in [-0.25, -0.2) is 0 Å². The molecule has 0 aromatic heterocycles. The summed E-state index contributed by atoms with van der Waals surface area (Å²) in [4.78, 5) is 22.6. The molecular weight excluding hydrogens is 194 g/mol. The number of hydrogen-bond donors (Lipinski definition) is 3. The molecular formula is C10H19N3O2. The number of amides is 2. The monoisotopic (exact) mass is 213 g/mol. The Morgan fingerprint density at radius 3 is 2.73 bits per heavy atom. The number of nitrogens with one attached hydrogen (secondary N) is 2. The SMILES string of the molecule is CC(C)C(CN)NC(=O)C1CCC(=O)N1. The van der Waals surface area contributed by atoms with Crippen LogP contribution in [0.15, 0.2) is 0 Å². The maximum Gasteiger partial charge on any atom is 0.242 e. The van der Waals surface area contributed by atoms with Gasteiger partial charge in [-0.05, 0) is 12.3 Å². The third kappa shape index (κ3) is 3.20. The van der Waals surface area contributed by atoms with Crippen LogP contribution in [0.25, 0.3) is 0 Å². The normalized spacial score (nSPS) is 22.7. The maximum absolute atomic E-state index is 11.7. The molecule has 0 aliphatic carbocycles. The average Bonchev–Trinajstić information content (AvgIpc) is 2.60. The van der Waals surface area contributed by atoms with E-state index in [9.17, 15) is 9.59 Å². The first kappa shape index (κ1) is 12.0. The van der Waals surface area contributed by atoms with Crippen molar-refractivity contribution in [1.82, 2.24) is 10.6 Å². The number of rotatable bonds is 4. The van der Waals surface area contributed by atoms with Crippen molar-refractivity contribution in [3.05, 3.63) is 0 Å². The molecule has 86 valence electrons. The predicted octanol–water partition coefficient (Wildman–Crippen LogP) is -0.635. The van der Waals surface area contributed by atoms with Crippen molar-refractivity contribution in [2.24, 2.45) is 11.7 Å². The Morgan fingerprint density at radius 2 is 2.33 bits per heavy atom. The number of hydrogen-bond acceptors (Lipinski definition) is 3. The van der Waals surface area contributed by atoms with Gasteiger partial charge in [0, 0.05) is 19.0 Å². The first-order valence-corrected chi connectivity index (χ1v) is 5.34. The molecule has 1 aliphatic rings. The smallest absolute Gasteiger partial charge is 0.242 e. The summed E-state index contributed by atoms with van der Waals surface area (Å²) in [5, 5.41) is 5.48. The highest BCUT2D eigenvalue weighted by Crippen LogP contribution is 2.08. The van der Waals surface area contributed by atoms with Crippen molar-refractivity contribution in [2.75, 3.05) is 6.54 Å². The third-order valence-corrected chi connectivity index (χ3v) is 2.70. The van der Waals surface area contributed by atoms with Crippen molar-refractivity contribution in [1.29, 1.82) is 0 Å². The average molecular weight is 213 g/mol. The highest BCUT2D eigenvalue weighted by atomic mass is 16.2. The Bertz CT molecular complexity index is 253. The zero-order valence-electron chi connectivity index (χ0n) is 9.25. The minimum Gasteiger partial charge on any atom is -0.350 e. The van der Waals surface area contributed by atoms with E-state index in [-0.39, 0.29) is 23.9 Å². The lowest BCUT2D eigenvalue weighted by Gasteiger charge is -2.22. The van der Waals surface area contributed by atoms with Crippen LogP contribution in [0.4, 0.5) is 0 Å². The fraction of sp³-hybridized carbons (Fsp3) is 0.800. The Kier molecular flexibility index (Phi) is 4.08. The molecule has 0 saturated carbocycles. The Hall–Kier alpha value is -1.10. The molecule has 1 aliphatic heterocycles. The van der Waals surface area contributed by atoms with E-state index in [2.05, 4.69) is 10.6 Å². The number of carbonyl (C=O) groups excluding carboxylic acids is 2. The van der Waals surface area contributed by atoms with Crippen LogP contribution in [0.3, 0.4) is 0 Å². The summed E-state index contributed by atoms with van der Waals surface area (Å²) in [7, 11) is 0. The molecule has 15 heavy (non-hydrogen) atoms. The van der Waals surface area contributed by atoms with E-state index < -0.39 is 0 Å². The first-order chi connectivity index (χ1) is 7.04. The minimum atomic E-state index is -0.370. The van der Waals surface area contributed by atoms with Crippen LogP contribution >= 0.6 is 0 Å².